The molecule has 6 nitrogen and oxygen atoms in total. The first-order valence-corrected chi connectivity index (χ1v) is 8.27. The molecule has 0 radical (unpaired) electrons. The number of benzene rings is 1. The van der Waals surface area contributed by atoms with E-state index in [-0.39, 0.29) is 12.5 Å². The predicted molar refractivity (Wildman–Crippen MR) is 91.1 cm³/mol. The highest BCUT2D eigenvalue weighted by Gasteiger charge is 2.24. The highest BCUT2D eigenvalue weighted by atomic mass is 16.5. The number of carbonyl (C=O) groups is 1. The minimum absolute atomic E-state index is 0.0209. The lowest BCUT2D eigenvalue weighted by Crippen LogP contribution is -2.42. The molecule has 0 atom stereocenters. The molecule has 2 aliphatic rings. The Morgan fingerprint density at radius 3 is 2.87 bits per heavy atom. The van der Waals surface area contributed by atoms with E-state index in [0.29, 0.717) is 6.54 Å². The van der Waals surface area contributed by atoms with Crippen LogP contribution in [0.2, 0.25) is 0 Å². The SMILES string of the molecule is CN=C(NCCCN1C(=O)COc2ccccc21)N1CCCC1. The average molecular weight is 316 g/mol. The second kappa shape index (κ2) is 7.35. The van der Waals surface area contributed by atoms with Crippen LogP contribution in [0.1, 0.15) is 19.3 Å². The zero-order chi connectivity index (χ0) is 16.1. The number of aliphatic imine (C=N–C) groups is 1. The Kier molecular flexibility index (Phi) is 5.00. The summed E-state index contributed by atoms with van der Waals surface area (Å²) in [6, 6.07) is 7.70. The molecular weight excluding hydrogens is 292 g/mol. The van der Waals surface area contributed by atoms with Gasteiger partial charge in [-0.05, 0) is 31.4 Å². The summed E-state index contributed by atoms with van der Waals surface area (Å²) < 4.78 is 5.46. The van der Waals surface area contributed by atoms with Crippen molar-refractivity contribution in [3.8, 4) is 5.75 Å². The number of rotatable bonds is 4. The number of guanidine groups is 1. The van der Waals surface area contributed by atoms with Gasteiger partial charge in [-0.2, -0.15) is 0 Å². The fourth-order valence-electron chi connectivity index (χ4n) is 3.10. The summed E-state index contributed by atoms with van der Waals surface area (Å²) in [5, 5.41) is 3.40. The van der Waals surface area contributed by atoms with Crippen molar-refractivity contribution in [1.29, 1.82) is 0 Å². The maximum absolute atomic E-state index is 12.1. The van der Waals surface area contributed by atoms with E-state index in [9.17, 15) is 4.79 Å². The molecule has 0 spiro atoms. The van der Waals surface area contributed by atoms with Crippen molar-refractivity contribution in [2.45, 2.75) is 19.3 Å². The third-order valence-corrected chi connectivity index (χ3v) is 4.27. The quantitative estimate of drug-likeness (QED) is 0.519. The molecule has 1 fully saturated rings. The molecule has 3 rings (SSSR count). The van der Waals surface area contributed by atoms with E-state index < -0.39 is 0 Å². The minimum Gasteiger partial charge on any atom is -0.482 e. The number of nitrogens with zero attached hydrogens (tertiary/aromatic N) is 3. The van der Waals surface area contributed by atoms with E-state index >= 15 is 0 Å². The topological polar surface area (TPSA) is 57.2 Å². The maximum atomic E-state index is 12.1. The lowest BCUT2D eigenvalue weighted by atomic mass is 10.2. The largest absolute Gasteiger partial charge is 0.482 e. The fourth-order valence-corrected chi connectivity index (χ4v) is 3.10. The summed E-state index contributed by atoms with van der Waals surface area (Å²) in [4.78, 5) is 20.5. The Hall–Kier alpha value is -2.24. The molecule has 23 heavy (non-hydrogen) atoms. The summed E-state index contributed by atoms with van der Waals surface area (Å²) in [5.41, 5.74) is 0.868. The van der Waals surface area contributed by atoms with Gasteiger partial charge in [0, 0.05) is 33.2 Å². The minimum atomic E-state index is 0.0209. The number of likely N-dealkylation sites (tertiary alicyclic amines) is 1. The first kappa shape index (κ1) is 15.6. The van der Waals surface area contributed by atoms with Crippen LogP contribution in [-0.2, 0) is 4.79 Å². The van der Waals surface area contributed by atoms with Gasteiger partial charge in [-0.15, -0.1) is 0 Å². The number of anilines is 1. The van der Waals surface area contributed by atoms with E-state index in [1.165, 1.54) is 12.8 Å². The van der Waals surface area contributed by atoms with Crippen LogP contribution < -0.4 is 15.0 Å². The van der Waals surface area contributed by atoms with Gasteiger partial charge < -0.3 is 19.9 Å². The highest BCUT2D eigenvalue weighted by Crippen LogP contribution is 2.31. The summed E-state index contributed by atoms with van der Waals surface area (Å²) in [6.45, 7) is 3.77. The van der Waals surface area contributed by atoms with Crippen molar-refractivity contribution >= 4 is 17.6 Å². The van der Waals surface area contributed by atoms with Gasteiger partial charge in [-0.1, -0.05) is 12.1 Å². The monoisotopic (exact) mass is 316 g/mol. The molecule has 124 valence electrons. The Labute approximate surface area is 137 Å². The number of hydrogen-bond donors (Lipinski definition) is 1. The number of hydrogen-bond acceptors (Lipinski definition) is 3. The van der Waals surface area contributed by atoms with Gasteiger partial charge in [-0.3, -0.25) is 9.79 Å². The van der Waals surface area contributed by atoms with Gasteiger partial charge in [0.2, 0.25) is 0 Å². The second-order valence-corrected chi connectivity index (χ2v) is 5.82. The van der Waals surface area contributed by atoms with Gasteiger partial charge in [0.15, 0.2) is 12.6 Å². The fraction of sp³-hybridized carbons (Fsp3) is 0.529. The number of amides is 1. The van der Waals surface area contributed by atoms with Crippen LogP contribution in [0.5, 0.6) is 5.75 Å². The van der Waals surface area contributed by atoms with Crippen molar-refractivity contribution in [2.24, 2.45) is 4.99 Å². The number of ether oxygens (including phenoxy) is 1. The van der Waals surface area contributed by atoms with Crippen LogP contribution in [0.3, 0.4) is 0 Å². The zero-order valence-corrected chi connectivity index (χ0v) is 13.6. The molecule has 0 unspecified atom stereocenters. The van der Waals surface area contributed by atoms with Crippen LogP contribution >= 0.6 is 0 Å². The van der Waals surface area contributed by atoms with Crippen molar-refractivity contribution in [1.82, 2.24) is 10.2 Å². The predicted octanol–water partition coefficient (Wildman–Crippen LogP) is 1.47. The third kappa shape index (κ3) is 3.57. The van der Waals surface area contributed by atoms with Crippen LogP contribution in [0.4, 0.5) is 5.69 Å². The number of fused-ring (bicyclic) bond motifs is 1. The summed E-state index contributed by atoms with van der Waals surface area (Å²) in [5.74, 6) is 1.77. The summed E-state index contributed by atoms with van der Waals surface area (Å²) >= 11 is 0. The smallest absolute Gasteiger partial charge is 0.265 e. The summed E-state index contributed by atoms with van der Waals surface area (Å²) in [7, 11) is 1.82. The Morgan fingerprint density at radius 2 is 2.09 bits per heavy atom. The van der Waals surface area contributed by atoms with Crippen molar-refractivity contribution in [2.75, 3.05) is 44.7 Å². The number of carbonyl (C=O) groups excluding carboxylic acids is 1. The average Bonchev–Trinajstić information content (AvgIpc) is 3.11. The number of para-hydroxylation sites is 2. The zero-order valence-electron chi connectivity index (χ0n) is 13.6. The van der Waals surface area contributed by atoms with Gasteiger partial charge in [0.05, 0.1) is 5.69 Å². The van der Waals surface area contributed by atoms with Crippen molar-refractivity contribution in [3.05, 3.63) is 24.3 Å². The summed E-state index contributed by atoms with van der Waals surface area (Å²) in [6.07, 6.45) is 3.34. The van der Waals surface area contributed by atoms with Gasteiger partial charge in [0.1, 0.15) is 5.75 Å². The molecule has 1 saturated heterocycles. The van der Waals surface area contributed by atoms with E-state index in [1.807, 2.05) is 36.2 Å². The van der Waals surface area contributed by atoms with E-state index in [2.05, 4.69) is 15.2 Å². The highest BCUT2D eigenvalue weighted by molar-refractivity contribution is 5.97. The Bertz CT molecular complexity index is 582. The second-order valence-electron chi connectivity index (χ2n) is 5.82. The molecule has 1 aromatic rings. The van der Waals surface area contributed by atoms with Crippen LogP contribution in [0, 0.1) is 0 Å². The van der Waals surface area contributed by atoms with E-state index in [1.54, 1.807) is 0 Å². The molecule has 1 N–H and O–H groups in total. The molecule has 0 aromatic heterocycles. The van der Waals surface area contributed by atoms with Crippen LogP contribution in [-0.4, -0.2) is 56.6 Å². The Balaban J connectivity index is 1.51. The van der Waals surface area contributed by atoms with E-state index in [4.69, 9.17) is 4.74 Å². The molecule has 2 heterocycles. The van der Waals surface area contributed by atoms with Crippen LogP contribution in [0.15, 0.2) is 29.3 Å². The first-order chi connectivity index (χ1) is 11.3. The number of nitrogens with one attached hydrogen (secondary N) is 1. The standard InChI is InChI=1S/C17H24N4O2/c1-18-17(20-10-4-5-11-20)19-9-6-12-21-14-7-2-3-8-15(14)23-13-16(21)22/h2-3,7-8H,4-6,9-13H2,1H3,(H,18,19). The molecule has 2 aliphatic heterocycles. The lowest BCUT2D eigenvalue weighted by Gasteiger charge is -2.29. The molecule has 6 heteroatoms. The molecule has 1 aromatic carbocycles. The third-order valence-electron chi connectivity index (χ3n) is 4.27. The van der Waals surface area contributed by atoms with Gasteiger partial charge in [0.25, 0.3) is 5.91 Å². The first-order valence-electron chi connectivity index (χ1n) is 8.27. The molecule has 1 amide bonds. The molecule has 0 saturated carbocycles. The van der Waals surface area contributed by atoms with Crippen molar-refractivity contribution in [3.63, 3.8) is 0 Å². The van der Waals surface area contributed by atoms with Crippen LogP contribution in [0.25, 0.3) is 0 Å². The lowest BCUT2D eigenvalue weighted by molar-refractivity contribution is -0.121. The van der Waals surface area contributed by atoms with Crippen molar-refractivity contribution < 1.29 is 9.53 Å². The van der Waals surface area contributed by atoms with Gasteiger partial charge >= 0.3 is 0 Å². The van der Waals surface area contributed by atoms with Gasteiger partial charge in [-0.25, -0.2) is 0 Å². The maximum Gasteiger partial charge on any atom is 0.265 e. The Morgan fingerprint density at radius 1 is 1.30 bits per heavy atom. The molecule has 0 bridgehead atoms. The molecule has 0 aliphatic carbocycles. The molecular formula is C17H24N4O2. The van der Waals surface area contributed by atoms with E-state index in [0.717, 1.165) is 43.5 Å². The normalized spacial score (nSPS) is 18.0.